The second-order valence-corrected chi connectivity index (χ2v) is 5.36. The van der Waals surface area contributed by atoms with E-state index in [2.05, 4.69) is 13.8 Å². The van der Waals surface area contributed by atoms with E-state index >= 15 is 0 Å². The van der Waals surface area contributed by atoms with Gasteiger partial charge in [0.2, 0.25) is 11.8 Å². The van der Waals surface area contributed by atoms with E-state index in [1.165, 1.54) is 0 Å². The SMILES string of the molecule is CCCCN(CC(=O)N1CCC(C)CC1)C(C)=O. The summed E-state index contributed by atoms with van der Waals surface area (Å²) >= 11 is 0. The summed E-state index contributed by atoms with van der Waals surface area (Å²) in [6.07, 6.45) is 4.17. The largest absolute Gasteiger partial charge is 0.341 e. The molecule has 1 aliphatic heterocycles. The Bertz CT molecular complexity index is 284. The van der Waals surface area contributed by atoms with Crippen molar-refractivity contribution in [2.45, 2.75) is 46.5 Å². The normalized spacial score (nSPS) is 16.7. The first-order chi connectivity index (χ1) is 8.54. The minimum absolute atomic E-state index is 0.00202. The number of nitrogens with zero attached hydrogens (tertiary/aromatic N) is 2. The minimum Gasteiger partial charge on any atom is -0.341 e. The topological polar surface area (TPSA) is 40.6 Å². The summed E-state index contributed by atoms with van der Waals surface area (Å²) in [5.41, 5.74) is 0. The van der Waals surface area contributed by atoms with Gasteiger partial charge in [-0.2, -0.15) is 0 Å². The molecule has 4 nitrogen and oxygen atoms in total. The van der Waals surface area contributed by atoms with Gasteiger partial charge >= 0.3 is 0 Å². The second-order valence-electron chi connectivity index (χ2n) is 5.36. The third kappa shape index (κ3) is 4.67. The Kier molecular flexibility index (Phi) is 6.16. The molecule has 1 heterocycles. The van der Waals surface area contributed by atoms with Gasteiger partial charge in [0.25, 0.3) is 0 Å². The van der Waals surface area contributed by atoms with Crippen molar-refractivity contribution in [2.24, 2.45) is 5.92 Å². The van der Waals surface area contributed by atoms with Gasteiger partial charge in [-0.1, -0.05) is 20.3 Å². The lowest BCUT2D eigenvalue weighted by molar-refractivity contribution is -0.140. The first-order valence-electron chi connectivity index (χ1n) is 7.07. The highest BCUT2D eigenvalue weighted by Gasteiger charge is 2.22. The van der Waals surface area contributed by atoms with Crippen LogP contribution in [-0.2, 0) is 9.59 Å². The van der Waals surface area contributed by atoms with Crippen LogP contribution in [0.5, 0.6) is 0 Å². The van der Waals surface area contributed by atoms with Crippen molar-refractivity contribution in [3.8, 4) is 0 Å². The number of piperidine rings is 1. The van der Waals surface area contributed by atoms with Crippen LogP contribution in [0.15, 0.2) is 0 Å². The van der Waals surface area contributed by atoms with E-state index < -0.39 is 0 Å². The van der Waals surface area contributed by atoms with Gasteiger partial charge in [-0.15, -0.1) is 0 Å². The highest BCUT2D eigenvalue weighted by molar-refractivity contribution is 5.83. The zero-order valence-electron chi connectivity index (χ0n) is 11.9. The van der Waals surface area contributed by atoms with E-state index in [-0.39, 0.29) is 18.4 Å². The molecule has 0 spiro atoms. The van der Waals surface area contributed by atoms with E-state index in [9.17, 15) is 9.59 Å². The van der Waals surface area contributed by atoms with E-state index in [0.717, 1.165) is 44.7 Å². The Morgan fingerprint density at radius 1 is 1.28 bits per heavy atom. The molecule has 104 valence electrons. The molecule has 0 saturated carbocycles. The monoisotopic (exact) mass is 254 g/mol. The molecule has 0 N–H and O–H groups in total. The maximum absolute atomic E-state index is 12.1. The third-order valence-electron chi connectivity index (χ3n) is 3.69. The first kappa shape index (κ1) is 15.0. The Balaban J connectivity index is 2.42. The van der Waals surface area contributed by atoms with Crippen molar-refractivity contribution in [1.29, 1.82) is 0 Å². The summed E-state index contributed by atoms with van der Waals surface area (Å²) in [5.74, 6) is 0.827. The van der Waals surface area contributed by atoms with E-state index in [1.54, 1.807) is 11.8 Å². The van der Waals surface area contributed by atoms with Crippen LogP contribution in [0, 0.1) is 5.92 Å². The summed E-state index contributed by atoms with van der Waals surface area (Å²) in [6.45, 7) is 8.50. The van der Waals surface area contributed by atoms with Crippen molar-refractivity contribution in [3.63, 3.8) is 0 Å². The summed E-state index contributed by atoms with van der Waals surface area (Å²) in [7, 11) is 0. The smallest absolute Gasteiger partial charge is 0.242 e. The molecule has 0 bridgehead atoms. The summed E-state index contributed by atoms with van der Waals surface area (Å²) in [5, 5.41) is 0. The van der Waals surface area contributed by atoms with Crippen molar-refractivity contribution in [3.05, 3.63) is 0 Å². The quantitative estimate of drug-likeness (QED) is 0.752. The average Bonchev–Trinajstić information content (AvgIpc) is 2.34. The van der Waals surface area contributed by atoms with Gasteiger partial charge in [0.05, 0.1) is 6.54 Å². The molecule has 18 heavy (non-hydrogen) atoms. The predicted octanol–water partition coefficient (Wildman–Crippen LogP) is 1.89. The van der Waals surface area contributed by atoms with Crippen molar-refractivity contribution < 1.29 is 9.59 Å². The minimum atomic E-state index is 0.00202. The van der Waals surface area contributed by atoms with Crippen LogP contribution in [-0.4, -0.2) is 47.8 Å². The van der Waals surface area contributed by atoms with E-state index in [0.29, 0.717) is 6.54 Å². The molecule has 1 rings (SSSR count). The summed E-state index contributed by atoms with van der Waals surface area (Å²) in [4.78, 5) is 27.2. The molecular formula is C14H26N2O2. The molecule has 0 unspecified atom stereocenters. The lowest BCUT2D eigenvalue weighted by Crippen LogP contribution is -2.45. The summed E-state index contributed by atoms with van der Waals surface area (Å²) < 4.78 is 0. The number of rotatable bonds is 5. The summed E-state index contributed by atoms with van der Waals surface area (Å²) in [6, 6.07) is 0. The molecule has 1 aliphatic rings. The Hall–Kier alpha value is -1.06. The average molecular weight is 254 g/mol. The van der Waals surface area contributed by atoms with Gasteiger partial charge in [-0.3, -0.25) is 9.59 Å². The third-order valence-corrected chi connectivity index (χ3v) is 3.69. The van der Waals surface area contributed by atoms with E-state index in [4.69, 9.17) is 0 Å². The molecule has 1 fully saturated rings. The Labute approximate surface area is 110 Å². The number of hydrogen-bond acceptors (Lipinski definition) is 2. The van der Waals surface area contributed by atoms with Gasteiger partial charge in [0, 0.05) is 26.6 Å². The zero-order valence-corrected chi connectivity index (χ0v) is 11.9. The molecule has 2 amide bonds. The van der Waals surface area contributed by atoms with Crippen LogP contribution >= 0.6 is 0 Å². The zero-order chi connectivity index (χ0) is 13.5. The molecule has 0 aliphatic carbocycles. The van der Waals surface area contributed by atoms with E-state index in [1.807, 2.05) is 4.90 Å². The maximum Gasteiger partial charge on any atom is 0.242 e. The van der Waals surface area contributed by atoms with Gasteiger partial charge in [-0.25, -0.2) is 0 Å². The maximum atomic E-state index is 12.1. The Morgan fingerprint density at radius 2 is 1.89 bits per heavy atom. The number of carbonyl (C=O) groups excluding carboxylic acids is 2. The number of hydrogen-bond donors (Lipinski definition) is 0. The molecule has 0 atom stereocenters. The van der Waals surface area contributed by atoms with Crippen LogP contribution in [0.1, 0.15) is 46.5 Å². The molecular weight excluding hydrogens is 228 g/mol. The van der Waals surface area contributed by atoms with Crippen molar-refractivity contribution >= 4 is 11.8 Å². The molecule has 0 radical (unpaired) electrons. The Morgan fingerprint density at radius 3 is 2.39 bits per heavy atom. The fourth-order valence-corrected chi connectivity index (χ4v) is 2.22. The first-order valence-corrected chi connectivity index (χ1v) is 7.07. The van der Waals surface area contributed by atoms with Crippen molar-refractivity contribution in [2.75, 3.05) is 26.2 Å². The number of amides is 2. The number of carbonyl (C=O) groups is 2. The molecule has 0 aromatic rings. The van der Waals surface area contributed by atoms with Crippen LogP contribution in [0.2, 0.25) is 0 Å². The molecule has 1 saturated heterocycles. The fraction of sp³-hybridized carbons (Fsp3) is 0.857. The van der Waals surface area contributed by atoms with Gasteiger partial charge in [0.15, 0.2) is 0 Å². The van der Waals surface area contributed by atoms with Gasteiger partial charge < -0.3 is 9.80 Å². The van der Waals surface area contributed by atoms with Crippen LogP contribution in [0.3, 0.4) is 0 Å². The van der Waals surface area contributed by atoms with Crippen molar-refractivity contribution in [1.82, 2.24) is 9.80 Å². The van der Waals surface area contributed by atoms with Crippen LogP contribution < -0.4 is 0 Å². The lowest BCUT2D eigenvalue weighted by Gasteiger charge is -2.32. The van der Waals surface area contributed by atoms with Gasteiger partial charge in [-0.05, 0) is 25.2 Å². The van der Waals surface area contributed by atoms with Crippen LogP contribution in [0.25, 0.3) is 0 Å². The lowest BCUT2D eigenvalue weighted by atomic mass is 9.99. The predicted molar refractivity (Wildman–Crippen MR) is 72.1 cm³/mol. The molecule has 4 heteroatoms. The highest BCUT2D eigenvalue weighted by atomic mass is 16.2. The van der Waals surface area contributed by atoms with Gasteiger partial charge in [0.1, 0.15) is 0 Å². The highest BCUT2D eigenvalue weighted by Crippen LogP contribution is 2.16. The molecule has 0 aromatic carbocycles. The van der Waals surface area contributed by atoms with Crippen LogP contribution in [0.4, 0.5) is 0 Å². The second kappa shape index (κ2) is 7.39. The molecule has 0 aromatic heterocycles. The number of unbranched alkanes of at least 4 members (excludes halogenated alkanes) is 1. The standard InChI is InChI=1S/C14H26N2O2/c1-4-5-8-16(13(3)17)11-14(18)15-9-6-12(2)7-10-15/h12H,4-11H2,1-3H3. The fourth-order valence-electron chi connectivity index (χ4n) is 2.22. The number of likely N-dealkylation sites (tertiary alicyclic amines) is 1.